The van der Waals surface area contributed by atoms with Crippen LogP contribution in [0.25, 0.3) is 10.8 Å². The third kappa shape index (κ3) is 20.2. The molecule has 43 heavy (non-hydrogen) atoms. The SMILES string of the molecule is CCCCCCCCCCCCCCCCCCCC(COCCOCCOP(=O)(O)O)Oc1cccc2ccccc12. The molecule has 0 aliphatic rings. The summed E-state index contributed by atoms with van der Waals surface area (Å²) in [5.74, 6) is 0.879. The van der Waals surface area contributed by atoms with Gasteiger partial charge in [0.25, 0.3) is 0 Å². The molecule has 2 aromatic carbocycles. The van der Waals surface area contributed by atoms with Crippen LogP contribution in [-0.2, 0) is 18.6 Å². The Morgan fingerprint density at radius 1 is 0.628 bits per heavy atom. The van der Waals surface area contributed by atoms with E-state index in [2.05, 4.69) is 29.6 Å². The van der Waals surface area contributed by atoms with Gasteiger partial charge in [0.05, 0.1) is 33.0 Å². The van der Waals surface area contributed by atoms with Gasteiger partial charge in [0.1, 0.15) is 11.9 Å². The van der Waals surface area contributed by atoms with Gasteiger partial charge >= 0.3 is 7.82 Å². The van der Waals surface area contributed by atoms with Crippen molar-refractivity contribution in [2.75, 3.05) is 33.0 Å². The van der Waals surface area contributed by atoms with Crippen molar-refractivity contribution in [2.45, 2.75) is 129 Å². The van der Waals surface area contributed by atoms with E-state index in [9.17, 15) is 4.57 Å². The molecule has 0 amide bonds. The highest BCUT2D eigenvalue weighted by Gasteiger charge is 2.14. The molecule has 1 unspecified atom stereocenters. The fraction of sp³-hybridized carbons (Fsp3) is 0.714. The standard InChI is InChI=1S/C35H59O7P/c1-2-3-4-5-6-7-8-9-10-11-12-13-14-15-16-17-18-24-33(31-40-28-27-39-29-30-41-43(36,37)38)42-35-26-21-23-32-22-19-20-25-34(32)35/h19-23,25-26,33H,2-18,24,27-31H2,1H3,(H2,36,37,38). The van der Waals surface area contributed by atoms with Crippen molar-refractivity contribution in [1.29, 1.82) is 0 Å². The second-order valence-corrected chi connectivity index (χ2v) is 12.9. The van der Waals surface area contributed by atoms with E-state index in [0.29, 0.717) is 19.8 Å². The molecule has 0 aliphatic carbocycles. The second kappa shape index (κ2) is 24.8. The molecule has 7 nitrogen and oxygen atoms in total. The van der Waals surface area contributed by atoms with Gasteiger partial charge in [-0.1, -0.05) is 146 Å². The van der Waals surface area contributed by atoms with Crippen LogP contribution in [0.3, 0.4) is 0 Å². The summed E-state index contributed by atoms with van der Waals surface area (Å²) in [5.41, 5.74) is 0. The number of phosphoric acid groups is 1. The van der Waals surface area contributed by atoms with Crippen LogP contribution in [-0.4, -0.2) is 48.9 Å². The number of fused-ring (bicyclic) bond motifs is 1. The zero-order valence-corrected chi connectivity index (χ0v) is 27.7. The summed E-state index contributed by atoms with van der Waals surface area (Å²) in [7, 11) is -4.45. The van der Waals surface area contributed by atoms with Crippen LogP contribution in [0.15, 0.2) is 42.5 Å². The number of benzene rings is 2. The lowest BCUT2D eigenvalue weighted by Crippen LogP contribution is -2.24. The van der Waals surface area contributed by atoms with Crippen LogP contribution < -0.4 is 4.74 Å². The maximum Gasteiger partial charge on any atom is 0.469 e. The van der Waals surface area contributed by atoms with Gasteiger partial charge in [-0.05, 0) is 24.3 Å². The third-order valence-corrected chi connectivity index (χ3v) is 8.35. The van der Waals surface area contributed by atoms with Crippen molar-refractivity contribution in [3.05, 3.63) is 42.5 Å². The van der Waals surface area contributed by atoms with Crippen LogP contribution in [0.5, 0.6) is 5.75 Å². The van der Waals surface area contributed by atoms with Crippen LogP contribution in [0.2, 0.25) is 0 Å². The average molecular weight is 623 g/mol. The van der Waals surface area contributed by atoms with Crippen LogP contribution in [0.1, 0.15) is 122 Å². The van der Waals surface area contributed by atoms with E-state index in [1.165, 1.54) is 103 Å². The Morgan fingerprint density at radius 3 is 1.74 bits per heavy atom. The molecule has 0 radical (unpaired) electrons. The molecule has 0 aliphatic heterocycles. The van der Waals surface area contributed by atoms with Crippen molar-refractivity contribution in [3.63, 3.8) is 0 Å². The zero-order valence-electron chi connectivity index (χ0n) is 26.8. The van der Waals surface area contributed by atoms with Crippen molar-refractivity contribution in [3.8, 4) is 5.75 Å². The van der Waals surface area contributed by atoms with Crippen molar-refractivity contribution < 1.29 is 33.1 Å². The topological polar surface area (TPSA) is 94.5 Å². The molecule has 0 fully saturated rings. The highest BCUT2D eigenvalue weighted by Crippen LogP contribution is 2.35. The van der Waals surface area contributed by atoms with Gasteiger partial charge in [-0.15, -0.1) is 0 Å². The van der Waals surface area contributed by atoms with E-state index in [1.54, 1.807) is 0 Å². The molecule has 0 aromatic heterocycles. The first-order valence-electron chi connectivity index (χ1n) is 17.0. The number of rotatable bonds is 29. The van der Waals surface area contributed by atoms with Gasteiger partial charge < -0.3 is 24.0 Å². The smallest absolute Gasteiger partial charge is 0.469 e. The van der Waals surface area contributed by atoms with Gasteiger partial charge in [-0.3, -0.25) is 4.52 Å². The van der Waals surface area contributed by atoms with Crippen LogP contribution >= 0.6 is 7.82 Å². The lowest BCUT2D eigenvalue weighted by atomic mass is 10.0. The molecule has 246 valence electrons. The summed E-state index contributed by atoms with van der Waals surface area (Å²) in [5, 5.41) is 2.26. The molecule has 0 spiro atoms. The quantitative estimate of drug-likeness (QED) is 0.0689. The highest BCUT2D eigenvalue weighted by atomic mass is 31.2. The van der Waals surface area contributed by atoms with Gasteiger partial charge in [0, 0.05) is 5.39 Å². The minimum atomic E-state index is -4.45. The van der Waals surface area contributed by atoms with E-state index in [4.69, 9.17) is 24.0 Å². The van der Waals surface area contributed by atoms with Crippen molar-refractivity contribution in [2.24, 2.45) is 0 Å². The van der Waals surface area contributed by atoms with Crippen LogP contribution in [0, 0.1) is 0 Å². The second-order valence-electron chi connectivity index (χ2n) is 11.7. The summed E-state index contributed by atoms with van der Waals surface area (Å²) >= 11 is 0. The Balaban J connectivity index is 1.58. The molecule has 1 atom stereocenters. The van der Waals surface area contributed by atoms with Crippen molar-refractivity contribution in [1.82, 2.24) is 0 Å². The number of unbranched alkanes of at least 4 members (excludes halogenated alkanes) is 16. The molecule has 0 saturated carbocycles. The first-order valence-corrected chi connectivity index (χ1v) is 18.5. The van der Waals surface area contributed by atoms with E-state index < -0.39 is 7.82 Å². The van der Waals surface area contributed by atoms with E-state index in [0.717, 1.165) is 29.4 Å². The van der Waals surface area contributed by atoms with E-state index >= 15 is 0 Å². The van der Waals surface area contributed by atoms with Crippen LogP contribution in [0.4, 0.5) is 0 Å². The Morgan fingerprint density at radius 2 is 1.14 bits per heavy atom. The Labute approximate surface area is 261 Å². The molecule has 8 heteroatoms. The summed E-state index contributed by atoms with van der Waals surface area (Å²) in [6, 6.07) is 14.4. The maximum absolute atomic E-state index is 10.7. The highest BCUT2D eigenvalue weighted by molar-refractivity contribution is 7.46. The summed E-state index contributed by atoms with van der Waals surface area (Å²) in [4.78, 5) is 17.4. The Hall–Kier alpha value is -1.47. The number of hydrogen-bond donors (Lipinski definition) is 2. The molecule has 2 N–H and O–H groups in total. The first-order chi connectivity index (χ1) is 21.0. The lowest BCUT2D eigenvalue weighted by molar-refractivity contribution is 0.00254. The van der Waals surface area contributed by atoms with E-state index in [-0.39, 0.29) is 19.3 Å². The first kappa shape index (κ1) is 37.7. The fourth-order valence-corrected chi connectivity index (χ4v) is 5.71. The van der Waals surface area contributed by atoms with E-state index in [1.807, 2.05) is 24.3 Å². The number of ether oxygens (including phenoxy) is 3. The molecular formula is C35H59O7P. The largest absolute Gasteiger partial charge is 0.487 e. The predicted octanol–water partition coefficient (Wildman–Crippen LogP) is 9.77. The van der Waals surface area contributed by atoms with Gasteiger partial charge in [0.15, 0.2) is 0 Å². The minimum Gasteiger partial charge on any atom is -0.487 e. The maximum atomic E-state index is 10.7. The Kier molecular flexibility index (Phi) is 21.8. The summed E-state index contributed by atoms with van der Waals surface area (Å²) in [6.45, 7) is 3.39. The molecule has 0 heterocycles. The molecule has 2 aromatic rings. The summed E-state index contributed by atoms with van der Waals surface area (Å²) in [6.07, 6.45) is 24.0. The third-order valence-electron chi connectivity index (χ3n) is 7.84. The molecule has 2 rings (SSSR count). The Bertz CT molecular complexity index is 974. The molecule has 0 saturated heterocycles. The monoisotopic (exact) mass is 622 g/mol. The minimum absolute atomic E-state index is 0.0554. The number of phosphoric ester groups is 1. The average Bonchev–Trinajstić information content (AvgIpc) is 2.99. The van der Waals surface area contributed by atoms with Crippen molar-refractivity contribution >= 4 is 18.6 Å². The van der Waals surface area contributed by atoms with Gasteiger partial charge in [-0.25, -0.2) is 4.57 Å². The predicted molar refractivity (Wildman–Crippen MR) is 177 cm³/mol. The van der Waals surface area contributed by atoms with Gasteiger partial charge in [-0.2, -0.15) is 0 Å². The molecular weight excluding hydrogens is 563 g/mol. The fourth-order valence-electron chi connectivity index (χ4n) is 5.40. The van der Waals surface area contributed by atoms with Gasteiger partial charge in [0.2, 0.25) is 0 Å². The lowest BCUT2D eigenvalue weighted by Gasteiger charge is -2.20. The zero-order chi connectivity index (χ0) is 30.9. The number of hydrogen-bond acceptors (Lipinski definition) is 5. The summed E-state index contributed by atoms with van der Waals surface area (Å²) < 4.78 is 32.8. The molecule has 0 bridgehead atoms. The normalized spacial score (nSPS) is 12.6.